The van der Waals surface area contributed by atoms with Gasteiger partial charge >= 0.3 is 0 Å². The van der Waals surface area contributed by atoms with Crippen molar-refractivity contribution in [1.82, 2.24) is 25.3 Å². The summed E-state index contributed by atoms with van der Waals surface area (Å²) >= 11 is 0. The fraction of sp³-hybridized carbons (Fsp3) is 0.263. The summed E-state index contributed by atoms with van der Waals surface area (Å²) in [6.45, 7) is 2.02. The second kappa shape index (κ2) is 8.41. The molecule has 27 heavy (non-hydrogen) atoms. The number of benzene rings is 1. The van der Waals surface area contributed by atoms with Crippen molar-refractivity contribution in [3.05, 3.63) is 71.8 Å². The van der Waals surface area contributed by atoms with E-state index in [2.05, 4.69) is 20.6 Å². The second-order valence-electron chi connectivity index (χ2n) is 6.07. The highest BCUT2D eigenvalue weighted by Crippen LogP contribution is 2.25. The standard InChI is InChI=1S/C19H21N5O3/c1-13(14-6-5-9-20-10-14)21-19(26)16-11-24(23-22-16)12-17(25)15-7-3-4-8-18(15)27-2/h3-11,13,17,25H,12H2,1-2H3,(H,21,26)/t13-,17+/m1/s1. The Hall–Kier alpha value is -3.26. The number of aliphatic hydroxyl groups excluding tert-OH is 1. The van der Waals surface area contributed by atoms with Gasteiger partial charge in [0.2, 0.25) is 0 Å². The van der Waals surface area contributed by atoms with E-state index >= 15 is 0 Å². The number of nitrogens with one attached hydrogen (secondary N) is 1. The molecule has 1 amide bonds. The van der Waals surface area contributed by atoms with Gasteiger partial charge in [0.05, 0.1) is 25.9 Å². The predicted molar refractivity (Wildman–Crippen MR) is 98.1 cm³/mol. The van der Waals surface area contributed by atoms with Gasteiger partial charge < -0.3 is 15.2 Å². The molecule has 0 radical (unpaired) electrons. The van der Waals surface area contributed by atoms with Gasteiger partial charge in [-0.1, -0.05) is 29.5 Å². The average molecular weight is 367 g/mol. The van der Waals surface area contributed by atoms with Crippen molar-refractivity contribution in [2.24, 2.45) is 0 Å². The molecule has 140 valence electrons. The summed E-state index contributed by atoms with van der Waals surface area (Å²) in [5, 5.41) is 21.1. The summed E-state index contributed by atoms with van der Waals surface area (Å²) in [6.07, 6.45) is 4.04. The van der Waals surface area contributed by atoms with Crippen LogP contribution in [0.5, 0.6) is 5.75 Å². The topological polar surface area (TPSA) is 102 Å². The third kappa shape index (κ3) is 4.48. The first-order chi connectivity index (χ1) is 13.1. The van der Waals surface area contributed by atoms with E-state index in [1.54, 1.807) is 31.6 Å². The lowest BCUT2D eigenvalue weighted by Gasteiger charge is -2.14. The molecular formula is C19H21N5O3. The number of hydrogen-bond acceptors (Lipinski definition) is 6. The Bertz CT molecular complexity index is 897. The highest BCUT2D eigenvalue weighted by atomic mass is 16.5. The Morgan fingerprint density at radius 2 is 2.11 bits per heavy atom. The first kappa shape index (κ1) is 18.5. The monoisotopic (exact) mass is 367 g/mol. The van der Waals surface area contributed by atoms with Crippen molar-refractivity contribution >= 4 is 5.91 Å². The molecule has 0 saturated heterocycles. The number of rotatable bonds is 7. The Labute approximate surface area is 156 Å². The van der Waals surface area contributed by atoms with Gasteiger partial charge in [-0.15, -0.1) is 5.10 Å². The van der Waals surface area contributed by atoms with E-state index in [1.807, 2.05) is 31.2 Å². The number of ether oxygens (including phenoxy) is 1. The van der Waals surface area contributed by atoms with Crippen molar-refractivity contribution < 1.29 is 14.6 Å². The normalized spacial score (nSPS) is 13.0. The first-order valence-electron chi connectivity index (χ1n) is 8.50. The van der Waals surface area contributed by atoms with Crippen molar-refractivity contribution in [1.29, 1.82) is 0 Å². The van der Waals surface area contributed by atoms with Crippen LogP contribution >= 0.6 is 0 Å². The molecule has 2 heterocycles. The maximum absolute atomic E-state index is 12.4. The molecule has 0 unspecified atom stereocenters. The number of hydrogen-bond donors (Lipinski definition) is 2. The molecule has 0 bridgehead atoms. The molecule has 8 heteroatoms. The summed E-state index contributed by atoms with van der Waals surface area (Å²) in [5.41, 5.74) is 1.72. The number of aliphatic hydroxyl groups is 1. The van der Waals surface area contributed by atoms with E-state index < -0.39 is 6.10 Å². The number of nitrogens with zero attached hydrogens (tertiary/aromatic N) is 4. The van der Waals surface area contributed by atoms with E-state index in [0.29, 0.717) is 11.3 Å². The minimum absolute atomic E-state index is 0.152. The highest BCUT2D eigenvalue weighted by Gasteiger charge is 2.18. The van der Waals surface area contributed by atoms with Gasteiger partial charge in [0.15, 0.2) is 5.69 Å². The molecule has 0 spiro atoms. The van der Waals surface area contributed by atoms with Crippen LogP contribution in [0.25, 0.3) is 0 Å². The lowest BCUT2D eigenvalue weighted by atomic mass is 10.1. The molecule has 3 aromatic rings. The van der Waals surface area contributed by atoms with Gasteiger partial charge in [-0.05, 0) is 24.6 Å². The number of aromatic nitrogens is 4. The van der Waals surface area contributed by atoms with Crippen LogP contribution in [-0.2, 0) is 6.54 Å². The van der Waals surface area contributed by atoms with Gasteiger partial charge in [-0.3, -0.25) is 9.78 Å². The lowest BCUT2D eigenvalue weighted by molar-refractivity contribution is 0.0934. The maximum atomic E-state index is 12.4. The van der Waals surface area contributed by atoms with Gasteiger partial charge in [-0.25, -0.2) is 4.68 Å². The van der Waals surface area contributed by atoms with Gasteiger partial charge in [0.1, 0.15) is 11.9 Å². The van der Waals surface area contributed by atoms with E-state index in [-0.39, 0.29) is 24.2 Å². The molecule has 1 aromatic carbocycles. The molecule has 3 rings (SSSR count). The maximum Gasteiger partial charge on any atom is 0.273 e. The number of amides is 1. The predicted octanol–water partition coefficient (Wildman–Crippen LogP) is 1.91. The number of pyridine rings is 1. The molecule has 2 N–H and O–H groups in total. The van der Waals surface area contributed by atoms with Crippen LogP contribution in [0.1, 0.15) is 40.7 Å². The molecule has 8 nitrogen and oxygen atoms in total. The molecule has 0 fully saturated rings. The fourth-order valence-electron chi connectivity index (χ4n) is 2.69. The SMILES string of the molecule is COc1ccccc1[C@@H](O)Cn1cc(C(=O)N[C@H](C)c2cccnc2)nn1. The van der Waals surface area contributed by atoms with Crippen LogP contribution in [0.4, 0.5) is 0 Å². The molecule has 0 saturated carbocycles. The van der Waals surface area contributed by atoms with E-state index in [4.69, 9.17) is 4.74 Å². The molecule has 0 aliphatic rings. The quantitative estimate of drug-likeness (QED) is 0.661. The van der Waals surface area contributed by atoms with Crippen LogP contribution in [0.15, 0.2) is 55.0 Å². The van der Waals surface area contributed by atoms with Gasteiger partial charge in [0.25, 0.3) is 5.91 Å². The van der Waals surface area contributed by atoms with Crippen molar-refractivity contribution in [3.63, 3.8) is 0 Å². The Balaban J connectivity index is 1.65. The minimum atomic E-state index is -0.840. The average Bonchev–Trinajstić information content (AvgIpc) is 3.17. The van der Waals surface area contributed by atoms with Crippen LogP contribution in [0.2, 0.25) is 0 Å². The largest absolute Gasteiger partial charge is 0.496 e. The van der Waals surface area contributed by atoms with Gasteiger partial charge in [-0.2, -0.15) is 0 Å². The van der Waals surface area contributed by atoms with Crippen LogP contribution in [0.3, 0.4) is 0 Å². The zero-order chi connectivity index (χ0) is 19.2. The Kier molecular flexibility index (Phi) is 5.77. The third-order valence-electron chi connectivity index (χ3n) is 4.16. The summed E-state index contributed by atoms with van der Waals surface area (Å²) in [6, 6.07) is 10.7. The third-order valence-corrected chi connectivity index (χ3v) is 4.16. The van der Waals surface area contributed by atoms with Gasteiger partial charge in [0, 0.05) is 18.0 Å². The summed E-state index contributed by atoms with van der Waals surface area (Å²) < 4.78 is 6.69. The molecule has 0 aliphatic carbocycles. The molecule has 2 atom stereocenters. The smallest absolute Gasteiger partial charge is 0.273 e. The highest BCUT2D eigenvalue weighted by molar-refractivity contribution is 5.92. The van der Waals surface area contributed by atoms with E-state index in [9.17, 15) is 9.90 Å². The molecular weight excluding hydrogens is 346 g/mol. The first-order valence-corrected chi connectivity index (χ1v) is 8.50. The summed E-state index contributed by atoms with van der Waals surface area (Å²) in [7, 11) is 1.55. The van der Waals surface area contributed by atoms with Crippen LogP contribution < -0.4 is 10.1 Å². The van der Waals surface area contributed by atoms with Crippen LogP contribution in [0, 0.1) is 0 Å². The molecule has 0 aliphatic heterocycles. The Morgan fingerprint density at radius 1 is 1.30 bits per heavy atom. The molecule has 2 aromatic heterocycles. The van der Waals surface area contributed by atoms with Crippen molar-refractivity contribution in [2.75, 3.05) is 7.11 Å². The van der Waals surface area contributed by atoms with Crippen molar-refractivity contribution in [3.8, 4) is 5.75 Å². The lowest BCUT2D eigenvalue weighted by Crippen LogP contribution is -2.27. The number of carbonyl (C=O) groups is 1. The fourth-order valence-corrected chi connectivity index (χ4v) is 2.69. The minimum Gasteiger partial charge on any atom is -0.496 e. The zero-order valence-electron chi connectivity index (χ0n) is 15.1. The Morgan fingerprint density at radius 3 is 2.85 bits per heavy atom. The second-order valence-corrected chi connectivity index (χ2v) is 6.07. The van der Waals surface area contributed by atoms with Crippen molar-refractivity contribution in [2.45, 2.75) is 25.6 Å². The number of methoxy groups -OCH3 is 1. The van der Waals surface area contributed by atoms with E-state index in [1.165, 1.54) is 10.9 Å². The summed E-state index contributed by atoms with van der Waals surface area (Å²) in [5.74, 6) is 0.248. The summed E-state index contributed by atoms with van der Waals surface area (Å²) in [4.78, 5) is 16.4. The number of para-hydroxylation sites is 1. The number of carbonyl (C=O) groups excluding carboxylic acids is 1. The van der Waals surface area contributed by atoms with Crippen LogP contribution in [-0.4, -0.2) is 38.1 Å². The zero-order valence-corrected chi connectivity index (χ0v) is 15.1. The van der Waals surface area contributed by atoms with E-state index in [0.717, 1.165) is 5.56 Å².